The van der Waals surface area contributed by atoms with E-state index in [-0.39, 0.29) is 57.4 Å². The summed E-state index contributed by atoms with van der Waals surface area (Å²) in [6, 6.07) is 1.08. The van der Waals surface area contributed by atoms with Gasteiger partial charge in [0.1, 0.15) is 6.33 Å². The average Bonchev–Trinajstić information content (AvgIpc) is 3.74. The fraction of sp³-hybridized carbons (Fsp3) is 0.821. The highest BCUT2D eigenvalue weighted by Gasteiger charge is 2.22. The number of tetrazole rings is 1. The lowest BCUT2D eigenvalue weighted by atomic mass is 9.93. The third-order valence-corrected chi connectivity index (χ3v) is 6.68. The third kappa shape index (κ3) is 18.3. The molecule has 4 aromatic heterocycles. The van der Waals surface area contributed by atoms with Crippen LogP contribution in [0.25, 0.3) is 0 Å². The first-order chi connectivity index (χ1) is 21.6. The van der Waals surface area contributed by atoms with Crippen LogP contribution in [0.15, 0.2) is 17.0 Å². The van der Waals surface area contributed by atoms with Crippen LogP contribution >= 0.6 is 0 Å². The van der Waals surface area contributed by atoms with Gasteiger partial charge in [-0.3, -0.25) is 4.68 Å². The number of aromatic nitrogens is 12. The van der Waals surface area contributed by atoms with Gasteiger partial charge in [0.05, 0.1) is 11.7 Å². The molecular formula is C39H82N12O. The van der Waals surface area contributed by atoms with Crippen molar-refractivity contribution in [2.24, 2.45) is 0 Å². The zero-order chi connectivity index (χ0) is 37.4. The first kappa shape index (κ1) is 55.2. The molecule has 0 atom stereocenters. The highest BCUT2D eigenvalue weighted by Crippen LogP contribution is 2.22. The molecule has 0 spiro atoms. The molecule has 0 radical (unpaired) electrons. The molecule has 0 N–H and O–H groups in total. The Labute approximate surface area is 319 Å². The van der Waals surface area contributed by atoms with Gasteiger partial charge in [-0.05, 0) is 46.8 Å². The summed E-state index contributed by atoms with van der Waals surface area (Å²) in [7, 11) is 0. The highest BCUT2D eigenvalue weighted by molar-refractivity contribution is 5.06. The Bertz CT molecular complexity index is 1250. The predicted molar refractivity (Wildman–Crippen MR) is 219 cm³/mol. The summed E-state index contributed by atoms with van der Waals surface area (Å²) in [6.45, 7) is 41.8. The van der Waals surface area contributed by atoms with E-state index in [9.17, 15) is 0 Å². The van der Waals surface area contributed by atoms with Crippen LogP contribution in [0, 0.1) is 0 Å². The number of nitrogens with zero attached hydrogens (tertiary/aromatic N) is 12. The fourth-order valence-corrected chi connectivity index (χ4v) is 3.26. The van der Waals surface area contributed by atoms with Crippen LogP contribution < -0.4 is 0 Å². The van der Waals surface area contributed by atoms with Crippen molar-refractivity contribution in [2.45, 2.75) is 214 Å². The molecule has 13 heteroatoms. The Balaban J connectivity index is -0.000000288. The molecule has 0 aliphatic rings. The normalized spacial score (nSPS) is 11.5. The van der Waals surface area contributed by atoms with Gasteiger partial charge in [0.2, 0.25) is 5.89 Å². The number of rotatable bonds is 4. The second kappa shape index (κ2) is 21.9. The fourth-order valence-electron chi connectivity index (χ4n) is 3.26. The molecule has 304 valence electrons. The minimum absolute atomic E-state index is 0. The largest absolute Gasteiger partial charge is 0.339 e. The molecule has 0 saturated heterocycles. The highest BCUT2D eigenvalue weighted by atomic mass is 16.5. The molecule has 4 heterocycles. The van der Waals surface area contributed by atoms with Gasteiger partial charge in [-0.15, -0.1) is 15.3 Å². The van der Waals surface area contributed by atoms with Crippen molar-refractivity contribution in [3.05, 3.63) is 41.6 Å². The Kier molecular flexibility index (Phi) is 23.2. The first-order valence-corrected chi connectivity index (χ1v) is 17.1. The summed E-state index contributed by atoms with van der Waals surface area (Å²) in [6.07, 6.45) is 3.82. The van der Waals surface area contributed by atoms with E-state index in [0.29, 0.717) is 18.0 Å². The maximum atomic E-state index is 5.09. The van der Waals surface area contributed by atoms with Crippen molar-refractivity contribution in [3.63, 3.8) is 0 Å². The van der Waals surface area contributed by atoms with Crippen LogP contribution in [-0.2, 0) is 21.7 Å². The molecule has 0 saturated carbocycles. The van der Waals surface area contributed by atoms with Crippen molar-refractivity contribution in [1.29, 1.82) is 0 Å². The van der Waals surface area contributed by atoms with Gasteiger partial charge in [-0.25, -0.2) is 9.67 Å². The van der Waals surface area contributed by atoms with Gasteiger partial charge in [-0.2, -0.15) is 14.9 Å². The second-order valence-corrected chi connectivity index (χ2v) is 17.5. The lowest BCUT2D eigenvalue weighted by Gasteiger charge is -2.13. The summed E-state index contributed by atoms with van der Waals surface area (Å²) in [4.78, 5) is 10.2. The van der Waals surface area contributed by atoms with E-state index < -0.39 is 0 Å². The summed E-state index contributed by atoms with van der Waals surface area (Å²) < 4.78 is 8.87. The Morgan fingerprint density at radius 2 is 1.02 bits per heavy atom. The molecule has 0 aromatic carbocycles. The molecule has 13 nitrogen and oxygen atoms in total. The van der Waals surface area contributed by atoms with Gasteiger partial charge in [0.15, 0.2) is 17.5 Å². The summed E-state index contributed by atoms with van der Waals surface area (Å²) in [5, 5.41) is 28.7. The number of hydrogen-bond acceptors (Lipinski definition) is 10. The quantitative estimate of drug-likeness (QED) is 0.199. The van der Waals surface area contributed by atoms with Crippen LogP contribution in [0.4, 0.5) is 0 Å². The van der Waals surface area contributed by atoms with Gasteiger partial charge in [0.25, 0.3) is 0 Å². The van der Waals surface area contributed by atoms with E-state index in [1.54, 1.807) is 11.1 Å². The lowest BCUT2D eigenvalue weighted by Crippen LogP contribution is -2.14. The molecular weight excluding hydrogens is 653 g/mol. The maximum Gasteiger partial charge on any atom is 0.229 e. The van der Waals surface area contributed by atoms with E-state index in [1.807, 2.05) is 43.3 Å². The molecule has 4 aromatic rings. The Hall–Kier alpha value is -3.51. The monoisotopic (exact) mass is 735 g/mol. The second-order valence-electron chi connectivity index (χ2n) is 17.5. The molecule has 0 amide bonds. The molecule has 0 unspecified atom stereocenters. The van der Waals surface area contributed by atoms with Crippen molar-refractivity contribution >= 4 is 0 Å². The summed E-state index contributed by atoms with van der Waals surface area (Å²) in [5.41, 5.74) is 1.19. The van der Waals surface area contributed by atoms with Crippen molar-refractivity contribution in [2.75, 3.05) is 0 Å². The predicted octanol–water partition coefficient (Wildman–Crippen LogP) is 10.9. The molecule has 52 heavy (non-hydrogen) atoms. The maximum absolute atomic E-state index is 5.09. The molecule has 0 fully saturated rings. The third-order valence-electron chi connectivity index (χ3n) is 6.68. The van der Waals surface area contributed by atoms with Crippen LogP contribution in [0.5, 0.6) is 0 Å². The zero-order valence-electron chi connectivity index (χ0n) is 33.7. The van der Waals surface area contributed by atoms with Gasteiger partial charge in [-0.1, -0.05) is 137 Å². The van der Waals surface area contributed by atoms with E-state index in [2.05, 4.69) is 157 Å². The van der Waals surface area contributed by atoms with E-state index in [1.165, 1.54) is 0 Å². The SMILES string of the molecule is C.C.C.C.CC(C)c1nc(C(C)(C)C)no1.CC(C)n1cc(C(C)(C)C)nn1.CC(C)n1cnc(C(C)(C)C)n1.CC(C)n1nnc(C(C)(C)C)n1. The van der Waals surface area contributed by atoms with Gasteiger partial charge >= 0.3 is 0 Å². The van der Waals surface area contributed by atoms with Crippen molar-refractivity contribution in [3.8, 4) is 0 Å². The van der Waals surface area contributed by atoms with Crippen LogP contribution in [-0.4, -0.2) is 60.1 Å². The minimum Gasteiger partial charge on any atom is -0.339 e. The van der Waals surface area contributed by atoms with E-state index >= 15 is 0 Å². The van der Waals surface area contributed by atoms with Gasteiger partial charge in [0, 0.05) is 45.9 Å². The average molecular weight is 735 g/mol. The molecule has 0 aliphatic carbocycles. The van der Waals surface area contributed by atoms with Crippen LogP contribution in [0.3, 0.4) is 0 Å². The zero-order valence-corrected chi connectivity index (χ0v) is 33.7. The van der Waals surface area contributed by atoms with Crippen LogP contribution in [0.2, 0.25) is 0 Å². The first-order valence-electron chi connectivity index (χ1n) is 17.1. The van der Waals surface area contributed by atoms with Crippen molar-refractivity contribution in [1.82, 2.24) is 60.1 Å². The number of hydrogen-bond donors (Lipinski definition) is 0. The molecule has 0 aliphatic heterocycles. The standard InChI is InChI=1S/2C9H17N3.C9H16N2O.C8H16N4.4CH4/c1-7(2)12-6-10-8(11-12)9(3,4)5;1-7(2)12-6-8(10-11-12)9(3,4)5;1-6(2)7-10-8(11-12-7)9(3,4)5;1-6(2)12-10-7(9-11-12)8(3,4)5;;;;/h2*6-7H,1-5H3;2*6H,1-5H3;4*1H4. The summed E-state index contributed by atoms with van der Waals surface area (Å²) >= 11 is 0. The lowest BCUT2D eigenvalue weighted by molar-refractivity contribution is 0.352. The van der Waals surface area contributed by atoms with E-state index in [4.69, 9.17) is 4.52 Å². The van der Waals surface area contributed by atoms with Crippen molar-refractivity contribution < 1.29 is 4.52 Å². The minimum atomic E-state index is -0.0172. The smallest absolute Gasteiger partial charge is 0.229 e. The Morgan fingerprint density at radius 3 is 1.25 bits per heavy atom. The van der Waals surface area contributed by atoms with E-state index in [0.717, 1.165) is 29.1 Å². The topological polar surface area (TPSA) is 144 Å². The summed E-state index contributed by atoms with van der Waals surface area (Å²) in [5.74, 6) is 3.53. The molecule has 0 bridgehead atoms. The van der Waals surface area contributed by atoms with Gasteiger partial charge < -0.3 is 4.52 Å². The Morgan fingerprint density at radius 1 is 0.538 bits per heavy atom. The molecule has 4 rings (SSSR count). The van der Waals surface area contributed by atoms with Crippen LogP contribution in [0.1, 0.15) is 221 Å².